The molecule has 4 aromatic rings. The number of thiazole rings is 1. The number of fused-ring (bicyclic) bond motifs is 1. The van der Waals surface area contributed by atoms with E-state index < -0.39 is 0 Å². The molecule has 0 spiro atoms. The Bertz CT molecular complexity index is 1570. The molecule has 0 radical (unpaired) electrons. The monoisotopic (exact) mass is 584 g/mol. The minimum absolute atomic E-state index is 0.806. The second-order valence-electron chi connectivity index (χ2n) is 10.3. The van der Waals surface area contributed by atoms with Gasteiger partial charge in [0.15, 0.2) is 0 Å². The molecular weight excluding hydrogens is 547 g/mol. The molecule has 1 aromatic heterocycles. The maximum absolute atomic E-state index is 5.67. The zero-order valence-electron chi connectivity index (χ0n) is 24.5. The third kappa shape index (κ3) is 6.87. The highest BCUT2D eigenvalue weighted by molar-refractivity contribution is 8.03. The average molecular weight is 585 g/mol. The van der Waals surface area contributed by atoms with Gasteiger partial charge in [0.25, 0.3) is 5.01 Å². The molecule has 2 heterocycles. The van der Waals surface area contributed by atoms with E-state index in [0.717, 1.165) is 47.9 Å². The van der Waals surface area contributed by atoms with E-state index in [1.807, 2.05) is 30.0 Å². The summed E-state index contributed by atoms with van der Waals surface area (Å²) in [6.07, 6.45) is 10.2. The number of methoxy groups -OCH3 is 2. The van der Waals surface area contributed by atoms with Gasteiger partial charge in [-0.25, -0.2) is 0 Å². The third-order valence-electron chi connectivity index (χ3n) is 7.09. The number of allylic oxidation sites excluding steroid dienone is 3. The normalized spacial score (nSPS) is 14.2. The summed E-state index contributed by atoms with van der Waals surface area (Å²) in [6.45, 7) is 1.96. The first-order valence-corrected chi connectivity index (χ1v) is 15.6. The van der Waals surface area contributed by atoms with Crippen LogP contribution >= 0.6 is 23.1 Å². The van der Waals surface area contributed by atoms with Crippen LogP contribution in [0.15, 0.2) is 95.7 Å². The summed E-state index contributed by atoms with van der Waals surface area (Å²) >= 11 is 3.74. The van der Waals surface area contributed by atoms with Gasteiger partial charge in [-0.15, -0.1) is 11.8 Å². The van der Waals surface area contributed by atoms with Crippen LogP contribution in [-0.2, 0) is 13.6 Å². The number of rotatable bonds is 11. The summed E-state index contributed by atoms with van der Waals surface area (Å²) in [5.41, 5.74) is 5.77. The number of aryl methyl sites for hydroxylation is 1. The van der Waals surface area contributed by atoms with Gasteiger partial charge in [0, 0.05) is 30.6 Å². The number of thioether (sulfide) groups is 1. The van der Waals surface area contributed by atoms with Crippen molar-refractivity contribution in [1.82, 2.24) is 9.80 Å². The Balaban J connectivity index is 1.45. The molecule has 0 bridgehead atoms. The van der Waals surface area contributed by atoms with Crippen molar-refractivity contribution in [3.8, 4) is 22.6 Å². The Morgan fingerprint density at radius 3 is 2.44 bits per heavy atom. The molecule has 0 atom stereocenters. The maximum atomic E-state index is 5.67. The Morgan fingerprint density at radius 2 is 1.73 bits per heavy atom. The van der Waals surface area contributed by atoms with Crippen molar-refractivity contribution in [3.05, 3.63) is 106 Å². The standard InChI is InChI=1S/C34H38N3O2S2/c1-35(2)18-10-20-40-33-22-26(17-19-37(33)24-25-11-7-6-8-12-25)21-32-36(3)28-16-15-27(23-31(28)41-32)34-29(38-4)13-9-14-30(34)39-5/h6-9,11-17,19,21-23H,10,18,20,24H2,1-5H3/q+1. The van der Waals surface area contributed by atoms with Crippen LogP contribution in [0.1, 0.15) is 17.0 Å². The molecule has 0 unspecified atom stereocenters. The Labute approximate surface area is 252 Å². The fourth-order valence-electron chi connectivity index (χ4n) is 4.94. The average Bonchev–Trinajstić information content (AvgIpc) is 3.30. The molecule has 0 N–H and O–H groups in total. The van der Waals surface area contributed by atoms with Crippen molar-refractivity contribution < 1.29 is 14.0 Å². The van der Waals surface area contributed by atoms with Crippen molar-refractivity contribution in [2.24, 2.45) is 7.05 Å². The van der Waals surface area contributed by atoms with Gasteiger partial charge < -0.3 is 19.3 Å². The second-order valence-corrected chi connectivity index (χ2v) is 12.5. The van der Waals surface area contributed by atoms with Gasteiger partial charge in [-0.2, -0.15) is 4.57 Å². The van der Waals surface area contributed by atoms with Gasteiger partial charge in [0.2, 0.25) is 5.52 Å². The Morgan fingerprint density at radius 1 is 0.976 bits per heavy atom. The topological polar surface area (TPSA) is 28.8 Å². The molecule has 5 rings (SSSR count). The second kappa shape index (κ2) is 13.4. The Kier molecular flexibility index (Phi) is 9.49. The summed E-state index contributed by atoms with van der Waals surface area (Å²) < 4.78 is 14.8. The van der Waals surface area contributed by atoms with Crippen LogP contribution in [0.2, 0.25) is 0 Å². The van der Waals surface area contributed by atoms with Crippen molar-refractivity contribution in [2.75, 3.05) is 40.6 Å². The number of nitrogens with zero attached hydrogens (tertiary/aromatic N) is 3. The van der Waals surface area contributed by atoms with Crippen LogP contribution < -0.4 is 14.0 Å². The van der Waals surface area contributed by atoms with E-state index in [-0.39, 0.29) is 0 Å². The summed E-state index contributed by atoms with van der Waals surface area (Å²) in [4.78, 5) is 4.62. The fraction of sp³-hybridized carbons (Fsp3) is 0.265. The molecule has 7 heteroatoms. The van der Waals surface area contributed by atoms with Crippen LogP contribution in [0.3, 0.4) is 0 Å². The SMILES string of the molecule is COc1cccc(OC)c1-c1ccc2c(c1)sc(C=C1C=CN(Cc3ccccc3)C(SCCCN(C)C)=C1)[n+]2C. The van der Waals surface area contributed by atoms with E-state index >= 15 is 0 Å². The molecule has 0 saturated heterocycles. The lowest BCUT2D eigenvalue weighted by atomic mass is 10.0. The first-order chi connectivity index (χ1) is 20.0. The highest BCUT2D eigenvalue weighted by Gasteiger charge is 2.20. The van der Waals surface area contributed by atoms with Crippen molar-refractivity contribution >= 4 is 39.4 Å². The third-order valence-corrected chi connectivity index (χ3v) is 9.38. The van der Waals surface area contributed by atoms with Gasteiger partial charge in [-0.1, -0.05) is 47.7 Å². The molecule has 1 aliphatic heterocycles. The molecule has 0 saturated carbocycles. The van der Waals surface area contributed by atoms with Crippen molar-refractivity contribution in [3.63, 3.8) is 0 Å². The smallest absolute Gasteiger partial charge is 0.263 e. The van der Waals surface area contributed by atoms with Crippen molar-refractivity contribution in [2.45, 2.75) is 13.0 Å². The molecule has 0 fully saturated rings. The summed E-state index contributed by atoms with van der Waals surface area (Å²) in [6, 6.07) is 23.2. The molecule has 3 aromatic carbocycles. The molecule has 0 aliphatic carbocycles. The largest absolute Gasteiger partial charge is 0.496 e. The quantitative estimate of drug-likeness (QED) is 0.136. The molecule has 5 nitrogen and oxygen atoms in total. The van der Waals surface area contributed by atoms with Crippen LogP contribution in [0, 0.1) is 0 Å². The number of ether oxygens (including phenoxy) is 2. The lowest BCUT2D eigenvalue weighted by Gasteiger charge is -2.26. The van der Waals surface area contributed by atoms with E-state index in [1.54, 1.807) is 25.6 Å². The zero-order valence-corrected chi connectivity index (χ0v) is 26.1. The van der Waals surface area contributed by atoms with Gasteiger partial charge in [0.05, 0.1) is 24.8 Å². The summed E-state index contributed by atoms with van der Waals surface area (Å²) in [5, 5.41) is 2.49. The van der Waals surface area contributed by atoms with Crippen LogP contribution in [0.25, 0.3) is 27.4 Å². The molecule has 41 heavy (non-hydrogen) atoms. The first-order valence-electron chi connectivity index (χ1n) is 13.8. The lowest BCUT2D eigenvalue weighted by molar-refractivity contribution is -0.642. The van der Waals surface area contributed by atoms with Gasteiger partial charge in [0.1, 0.15) is 23.2 Å². The highest BCUT2D eigenvalue weighted by Crippen LogP contribution is 2.40. The van der Waals surface area contributed by atoms with E-state index in [2.05, 4.69) is 108 Å². The predicted octanol–water partition coefficient (Wildman–Crippen LogP) is 7.35. The highest BCUT2D eigenvalue weighted by atomic mass is 32.2. The fourth-order valence-corrected chi connectivity index (χ4v) is 7.08. The summed E-state index contributed by atoms with van der Waals surface area (Å²) in [5.74, 6) is 2.70. The van der Waals surface area contributed by atoms with E-state index in [9.17, 15) is 0 Å². The number of aromatic nitrogens is 1. The first kappa shape index (κ1) is 29.0. The zero-order chi connectivity index (χ0) is 28.8. The molecular formula is C34H38N3O2S2+. The molecule has 0 amide bonds. The van der Waals surface area contributed by atoms with Gasteiger partial charge in [-0.05, 0) is 80.2 Å². The van der Waals surface area contributed by atoms with E-state index in [1.165, 1.54) is 31.4 Å². The molecule has 1 aliphatic rings. The van der Waals surface area contributed by atoms with Crippen LogP contribution in [0.4, 0.5) is 0 Å². The maximum Gasteiger partial charge on any atom is 0.263 e. The van der Waals surface area contributed by atoms with Crippen LogP contribution in [-0.4, -0.2) is 50.4 Å². The number of benzene rings is 3. The molecule has 212 valence electrons. The Hall–Kier alpha value is -3.52. The van der Waals surface area contributed by atoms with Gasteiger partial charge in [-0.3, -0.25) is 0 Å². The summed E-state index contributed by atoms with van der Waals surface area (Å²) in [7, 11) is 9.82. The minimum atomic E-state index is 0.806. The van der Waals surface area contributed by atoms with Crippen LogP contribution in [0.5, 0.6) is 11.5 Å². The minimum Gasteiger partial charge on any atom is -0.496 e. The van der Waals surface area contributed by atoms with E-state index in [0.29, 0.717) is 0 Å². The van der Waals surface area contributed by atoms with E-state index in [4.69, 9.17) is 9.47 Å². The van der Waals surface area contributed by atoms with Gasteiger partial charge >= 0.3 is 0 Å². The van der Waals surface area contributed by atoms with Crippen molar-refractivity contribution in [1.29, 1.82) is 0 Å². The lowest BCUT2D eigenvalue weighted by Crippen LogP contribution is -2.29. The predicted molar refractivity (Wildman–Crippen MR) is 174 cm³/mol. The number of hydrogen-bond acceptors (Lipinski definition) is 6. The number of hydrogen-bond donors (Lipinski definition) is 0.